The molecule has 0 aromatic heterocycles. The molecule has 2 aromatic rings. The summed E-state index contributed by atoms with van der Waals surface area (Å²) in [6, 6.07) is 13.2. The van der Waals surface area contributed by atoms with Gasteiger partial charge >= 0.3 is 0 Å². The van der Waals surface area contributed by atoms with Crippen molar-refractivity contribution in [2.24, 2.45) is 0 Å². The van der Waals surface area contributed by atoms with Crippen molar-refractivity contribution in [1.82, 2.24) is 10.2 Å². The maximum atomic E-state index is 13.4. The highest BCUT2D eigenvalue weighted by molar-refractivity contribution is 7.92. The number of rotatable bonds is 11. The van der Waals surface area contributed by atoms with E-state index < -0.39 is 16.1 Å². The van der Waals surface area contributed by atoms with Gasteiger partial charge in [-0.3, -0.25) is 13.9 Å². The van der Waals surface area contributed by atoms with Gasteiger partial charge in [0.05, 0.1) is 11.9 Å². The summed E-state index contributed by atoms with van der Waals surface area (Å²) in [4.78, 5) is 27.9. The minimum absolute atomic E-state index is 0.0845. The van der Waals surface area contributed by atoms with Crippen molar-refractivity contribution < 1.29 is 18.0 Å². The van der Waals surface area contributed by atoms with Gasteiger partial charge in [0.2, 0.25) is 21.8 Å². The van der Waals surface area contributed by atoms with E-state index in [0.717, 1.165) is 37.5 Å². The van der Waals surface area contributed by atoms with E-state index in [2.05, 4.69) is 5.32 Å². The van der Waals surface area contributed by atoms with Crippen LogP contribution in [0.2, 0.25) is 10.0 Å². The predicted octanol–water partition coefficient (Wildman–Crippen LogP) is 5.02. The second-order valence-corrected chi connectivity index (χ2v) is 12.0. The van der Waals surface area contributed by atoms with Crippen LogP contribution >= 0.6 is 23.2 Å². The fourth-order valence-corrected chi connectivity index (χ4v) is 5.72. The van der Waals surface area contributed by atoms with Crippen LogP contribution in [0, 0.1) is 0 Å². The Labute approximate surface area is 223 Å². The summed E-state index contributed by atoms with van der Waals surface area (Å²) in [6.45, 7) is 2.08. The summed E-state index contributed by atoms with van der Waals surface area (Å²) in [5, 5.41) is 4.13. The molecule has 3 rings (SSSR count). The van der Waals surface area contributed by atoms with Gasteiger partial charge in [-0.15, -0.1) is 0 Å². The van der Waals surface area contributed by atoms with Crippen LogP contribution in [-0.2, 0) is 26.2 Å². The molecule has 196 valence electrons. The lowest BCUT2D eigenvalue weighted by Crippen LogP contribution is -2.49. The lowest BCUT2D eigenvalue weighted by atomic mass is 10.1. The minimum Gasteiger partial charge on any atom is -0.352 e. The van der Waals surface area contributed by atoms with Crippen LogP contribution in [-0.4, -0.2) is 50.0 Å². The smallest absolute Gasteiger partial charge is 0.242 e. The first-order chi connectivity index (χ1) is 17.0. The number of halogens is 2. The molecule has 0 aliphatic heterocycles. The van der Waals surface area contributed by atoms with Crippen LogP contribution < -0.4 is 9.62 Å². The Morgan fingerprint density at radius 2 is 1.72 bits per heavy atom. The van der Waals surface area contributed by atoms with E-state index >= 15 is 0 Å². The molecule has 1 fully saturated rings. The predicted molar refractivity (Wildman–Crippen MR) is 145 cm³/mol. The van der Waals surface area contributed by atoms with Crippen molar-refractivity contribution in [3.8, 4) is 0 Å². The molecule has 1 atom stereocenters. The first-order valence-electron chi connectivity index (χ1n) is 12.1. The van der Waals surface area contributed by atoms with Gasteiger partial charge in [-0.05, 0) is 68.1 Å². The standard InChI is InChI=1S/C26H33Cl2N3O4S/c1-19(26(33)29-23-9-3-4-10-23)30(18-20-7-5-8-22(28)17-20)25(32)11-6-16-31(36(2,34)35)24-14-12-21(27)13-15-24/h5,7-8,12-15,17,19,23H,3-4,6,9-11,16,18H2,1-2H3,(H,29,33). The van der Waals surface area contributed by atoms with E-state index in [4.69, 9.17) is 23.2 Å². The molecule has 2 aromatic carbocycles. The number of anilines is 1. The van der Waals surface area contributed by atoms with Gasteiger partial charge in [-0.2, -0.15) is 0 Å². The van der Waals surface area contributed by atoms with Crippen molar-refractivity contribution in [2.75, 3.05) is 17.1 Å². The molecular weight excluding hydrogens is 521 g/mol. The molecule has 1 N–H and O–H groups in total. The van der Waals surface area contributed by atoms with Crippen LogP contribution in [0.5, 0.6) is 0 Å². The van der Waals surface area contributed by atoms with E-state index in [1.54, 1.807) is 54.3 Å². The Hall–Kier alpha value is -2.29. The van der Waals surface area contributed by atoms with Crippen LogP contribution in [0.25, 0.3) is 0 Å². The Morgan fingerprint density at radius 3 is 2.33 bits per heavy atom. The number of carbonyl (C=O) groups excluding carboxylic acids is 2. The molecule has 1 saturated carbocycles. The molecule has 0 heterocycles. The van der Waals surface area contributed by atoms with E-state index in [-0.39, 0.29) is 43.8 Å². The van der Waals surface area contributed by atoms with Crippen molar-refractivity contribution in [1.29, 1.82) is 0 Å². The second kappa shape index (κ2) is 12.8. The van der Waals surface area contributed by atoms with Crippen molar-refractivity contribution in [3.63, 3.8) is 0 Å². The average molecular weight is 555 g/mol. The number of amides is 2. The SMILES string of the molecule is CC(C(=O)NC1CCCC1)N(Cc1cccc(Cl)c1)C(=O)CCCN(c1ccc(Cl)cc1)S(C)(=O)=O. The van der Waals surface area contributed by atoms with Gasteiger partial charge < -0.3 is 10.2 Å². The Kier molecular flexibility index (Phi) is 10.0. The zero-order valence-electron chi connectivity index (χ0n) is 20.6. The average Bonchev–Trinajstić information content (AvgIpc) is 3.33. The monoisotopic (exact) mass is 553 g/mol. The topological polar surface area (TPSA) is 86.8 Å². The maximum Gasteiger partial charge on any atom is 0.242 e. The summed E-state index contributed by atoms with van der Waals surface area (Å²) >= 11 is 12.1. The van der Waals surface area contributed by atoms with Crippen molar-refractivity contribution >= 4 is 50.7 Å². The lowest BCUT2D eigenvalue weighted by Gasteiger charge is -2.30. The third-order valence-corrected chi connectivity index (χ3v) is 8.06. The van der Waals surface area contributed by atoms with E-state index in [1.807, 2.05) is 6.07 Å². The number of hydrogen-bond acceptors (Lipinski definition) is 4. The third kappa shape index (κ3) is 8.11. The molecule has 0 saturated heterocycles. The Balaban J connectivity index is 1.71. The maximum absolute atomic E-state index is 13.4. The Bertz CT molecular complexity index is 1150. The number of nitrogens with one attached hydrogen (secondary N) is 1. The summed E-state index contributed by atoms with van der Waals surface area (Å²) in [5.74, 6) is -0.412. The number of benzene rings is 2. The molecular formula is C26H33Cl2N3O4S. The molecule has 0 spiro atoms. The fraction of sp³-hybridized carbons (Fsp3) is 0.462. The molecule has 36 heavy (non-hydrogen) atoms. The molecule has 2 amide bonds. The van der Waals surface area contributed by atoms with Crippen LogP contribution in [0.15, 0.2) is 48.5 Å². The highest BCUT2D eigenvalue weighted by atomic mass is 35.5. The lowest BCUT2D eigenvalue weighted by molar-refractivity contribution is -0.141. The second-order valence-electron chi connectivity index (χ2n) is 9.23. The van der Waals surface area contributed by atoms with Gasteiger partial charge in [-0.25, -0.2) is 8.42 Å². The highest BCUT2D eigenvalue weighted by Crippen LogP contribution is 2.22. The molecule has 1 aliphatic rings. The molecule has 1 unspecified atom stereocenters. The molecule has 0 radical (unpaired) electrons. The Morgan fingerprint density at radius 1 is 1.06 bits per heavy atom. The van der Waals surface area contributed by atoms with E-state index in [9.17, 15) is 18.0 Å². The molecule has 0 bridgehead atoms. The largest absolute Gasteiger partial charge is 0.352 e. The number of carbonyl (C=O) groups is 2. The normalized spacial score (nSPS) is 14.9. The van der Waals surface area contributed by atoms with Gasteiger partial charge in [0.15, 0.2) is 0 Å². The highest BCUT2D eigenvalue weighted by Gasteiger charge is 2.28. The van der Waals surface area contributed by atoms with E-state index in [1.165, 1.54) is 4.31 Å². The van der Waals surface area contributed by atoms with E-state index in [0.29, 0.717) is 15.7 Å². The van der Waals surface area contributed by atoms with Crippen molar-refractivity contribution in [3.05, 3.63) is 64.1 Å². The van der Waals surface area contributed by atoms with Crippen LogP contribution in [0.4, 0.5) is 5.69 Å². The first kappa shape index (κ1) is 28.3. The van der Waals surface area contributed by atoms with Gasteiger partial charge in [0.1, 0.15) is 6.04 Å². The van der Waals surface area contributed by atoms with Gasteiger partial charge in [0, 0.05) is 35.6 Å². The molecule has 10 heteroatoms. The van der Waals surface area contributed by atoms with Gasteiger partial charge in [0.25, 0.3) is 0 Å². The zero-order chi connectivity index (χ0) is 26.3. The van der Waals surface area contributed by atoms with Crippen molar-refractivity contribution in [2.45, 2.75) is 64.1 Å². The summed E-state index contributed by atoms with van der Waals surface area (Å²) in [5.41, 5.74) is 1.30. The number of sulfonamides is 1. The zero-order valence-corrected chi connectivity index (χ0v) is 23.0. The minimum atomic E-state index is -3.56. The van der Waals surface area contributed by atoms with Crippen LogP contribution in [0.1, 0.15) is 51.0 Å². The van der Waals surface area contributed by atoms with Gasteiger partial charge in [-0.1, -0.05) is 48.2 Å². The molecule has 7 nitrogen and oxygen atoms in total. The van der Waals surface area contributed by atoms with Crippen LogP contribution in [0.3, 0.4) is 0 Å². The fourth-order valence-electron chi connectivity index (χ4n) is 4.42. The molecule has 1 aliphatic carbocycles. The number of hydrogen-bond donors (Lipinski definition) is 1. The summed E-state index contributed by atoms with van der Waals surface area (Å²) in [6.07, 6.45) is 5.59. The first-order valence-corrected chi connectivity index (χ1v) is 14.7. The number of nitrogens with zero attached hydrogens (tertiary/aromatic N) is 2. The summed E-state index contributed by atoms with van der Waals surface area (Å²) in [7, 11) is -3.56. The third-order valence-electron chi connectivity index (χ3n) is 6.38. The summed E-state index contributed by atoms with van der Waals surface area (Å²) < 4.78 is 26.0. The quantitative estimate of drug-likeness (QED) is 0.423.